The Hall–Kier alpha value is -2.43. The molecule has 1 N–H and O–H groups in total. The first-order chi connectivity index (χ1) is 17.3. The van der Waals surface area contributed by atoms with Crippen molar-refractivity contribution in [1.29, 1.82) is 0 Å². The van der Waals surface area contributed by atoms with Gasteiger partial charge in [-0.25, -0.2) is 9.18 Å². The van der Waals surface area contributed by atoms with Crippen LogP contribution in [0.15, 0.2) is 52.7 Å². The maximum Gasteiger partial charge on any atom is 0.350 e. The van der Waals surface area contributed by atoms with Crippen LogP contribution in [0.3, 0.4) is 0 Å². The maximum atomic E-state index is 13.7. The number of ether oxygens (including phenoxy) is 1. The van der Waals surface area contributed by atoms with Crippen molar-refractivity contribution >= 4 is 40.1 Å². The molecule has 1 saturated heterocycles. The molecule has 3 atom stereocenters. The summed E-state index contributed by atoms with van der Waals surface area (Å²) < 4.78 is 21.0. The molecule has 1 fully saturated rings. The number of aromatic nitrogens is 2. The van der Waals surface area contributed by atoms with Crippen LogP contribution in [0.1, 0.15) is 6.92 Å². The molecule has 2 aromatic carbocycles. The van der Waals surface area contributed by atoms with Crippen molar-refractivity contribution in [3.63, 3.8) is 0 Å². The molecule has 0 spiro atoms. The van der Waals surface area contributed by atoms with Crippen molar-refractivity contribution in [2.45, 2.75) is 36.7 Å². The normalized spacial score (nSPS) is 21.4. The number of anilines is 1. The number of nitrogens with zero attached hydrogens (tertiary/aromatic N) is 4. The molecule has 3 aromatic rings. The Morgan fingerprint density at radius 3 is 2.72 bits per heavy atom. The van der Waals surface area contributed by atoms with Crippen LogP contribution in [-0.2, 0) is 11.3 Å². The topological polar surface area (TPSA) is 70.8 Å². The minimum absolute atomic E-state index is 0.0113. The lowest BCUT2D eigenvalue weighted by molar-refractivity contribution is 0.0296. The molecule has 2 aliphatic rings. The molecule has 1 unspecified atom stereocenters. The van der Waals surface area contributed by atoms with Gasteiger partial charge in [-0.2, -0.15) is 4.98 Å². The zero-order valence-electron chi connectivity index (χ0n) is 20.2. The minimum atomic E-state index is -0.719. The smallest absolute Gasteiger partial charge is 0.350 e. The van der Waals surface area contributed by atoms with Gasteiger partial charge in [0.1, 0.15) is 17.9 Å². The van der Waals surface area contributed by atoms with Crippen LogP contribution in [0.4, 0.5) is 10.2 Å². The maximum absolute atomic E-state index is 13.7. The Bertz CT molecular complexity index is 1370. The van der Waals surface area contributed by atoms with Crippen molar-refractivity contribution in [2.75, 3.05) is 37.4 Å². The predicted octanol–water partition coefficient (Wildman–Crippen LogP) is 3.99. The van der Waals surface area contributed by atoms with E-state index in [1.165, 1.54) is 18.2 Å². The molecule has 0 aliphatic carbocycles. The first-order valence-electron chi connectivity index (χ1n) is 11.8. The van der Waals surface area contributed by atoms with E-state index in [0.29, 0.717) is 42.8 Å². The van der Waals surface area contributed by atoms with Crippen LogP contribution >= 0.6 is 23.4 Å². The van der Waals surface area contributed by atoms with Crippen molar-refractivity contribution in [2.24, 2.45) is 0 Å². The molecule has 10 heteroatoms. The van der Waals surface area contributed by atoms with Crippen molar-refractivity contribution in [1.82, 2.24) is 14.5 Å². The number of hydrogen-bond donors (Lipinski definition) is 1. The number of aliphatic hydroxyl groups is 1. The summed E-state index contributed by atoms with van der Waals surface area (Å²) in [4.78, 5) is 22.9. The molecule has 0 radical (unpaired) electrons. The van der Waals surface area contributed by atoms with Gasteiger partial charge in [-0.1, -0.05) is 30.3 Å². The highest BCUT2D eigenvalue weighted by Crippen LogP contribution is 2.45. The monoisotopic (exact) mass is 530 g/mol. The van der Waals surface area contributed by atoms with E-state index in [-0.39, 0.29) is 23.7 Å². The zero-order valence-corrected chi connectivity index (χ0v) is 21.7. The fourth-order valence-electron chi connectivity index (χ4n) is 5.04. The second-order valence-electron chi connectivity index (χ2n) is 9.15. The molecule has 1 aromatic heterocycles. The molecule has 5 rings (SSSR count). The van der Waals surface area contributed by atoms with E-state index in [2.05, 4.69) is 16.5 Å². The fourth-order valence-corrected chi connectivity index (χ4v) is 6.73. The molecule has 3 heterocycles. The van der Waals surface area contributed by atoms with E-state index in [0.717, 1.165) is 26.9 Å². The number of hydrogen-bond acceptors (Lipinski definition) is 7. The number of aliphatic hydroxyl groups excluding tert-OH is 1. The molecule has 0 saturated carbocycles. The Labute approximate surface area is 218 Å². The highest BCUT2D eigenvalue weighted by atomic mass is 35.5. The first-order valence-corrected chi connectivity index (χ1v) is 13.2. The largest absolute Gasteiger partial charge is 0.379 e. The first kappa shape index (κ1) is 25.2. The third kappa shape index (κ3) is 4.43. The number of thioether (sulfide) groups is 1. The number of piperazine rings is 1. The molecule has 0 amide bonds. The van der Waals surface area contributed by atoms with Gasteiger partial charge in [0.25, 0.3) is 0 Å². The lowest BCUT2D eigenvalue weighted by atomic mass is 10.0. The van der Waals surface area contributed by atoms with Crippen LogP contribution < -0.4 is 10.6 Å². The summed E-state index contributed by atoms with van der Waals surface area (Å²) in [6, 6.07) is 8.08. The number of halogens is 2. The van der Waals surface area contributed by atoms with E-state index >= 15 is 0 Å². The van der Waals surface area contributed by atoms with E-state index in [1.807, 2.05) is 17.9 Å². The fraction of sp³-hybridized carbons (Fsp3) is 0.385. The van der Waals surface area contributed by atoms with E-state index in [1.54, 1.807) is 35.6 Å². The van der Waals surface area contributed by atoms with Gasteiger partial charge in [-0.15, -0.1) is 11.8 Å². The van der Waals surface area contributed by atoms with Gasteiger partial charge in [-0.3, -0.25) is 9.47 Å². The number of rotatable bonds is 5. The molecule has 7 nitrogen and oxygen atoms in total. The summed E-state index contributed by atoms with van der Waals surface area (Å²) in [6.07, 6.45) is 0.612. The highest BCUT2D eigenvalue weighted by molar-refractivity contribution is 7.99. The molecule has 190 valence electrons. The summed E-state index contributed by atoms with van der Waals surface area (Å²) in [5, 5.41) is 11.5. The highest BCUT2D eigenvalue weighted by Gasteiger charge is 2.32. The van der Waals surface area contributed by atoms with Gasteiger partial charge in [0.15, 0.2) is 0 Å². The lowest BCUT2D eigenvalue weighted by Crippen LogP contribution is -2.55. The van der Waals surface area contributed by atoms with Crippen molar-refractivity contribution in [3.8, 4) is 11.1 Å². The van der Waals surface area contributed by atoms with Crippen LogP contribution in [0.2, 0.25) is 5.02 Å². The van der Waals surface area contributed by atoms with E-state index < -0.39 is 6.23 Å². The second-order valence-corrected chi connectivity index (χ2v) is 10.6. The minimum Gasteiger partial charge on any atom is -0.379 e. The summed E-state index contributed by atoms with van der Waals surface area (Å²) in [5.74, 6) is 0.883. The van der Waals surface area contributed by atoms with Crippen LogP contribution in [0, 0.1) is 5.82 Å². The molecular weight excluding hydrogens is 503 g/mol. The predicted molar refractivity (Wildman–Crippen MR) is 143 cm³/mol. The Morgan fingerprint density at radius 1 is 1.31 bits per heavy atom. The average molecular weight is 531 g/mol. The standard InChI is InChI=1S/C26H28ClFN4O3S/c1-4-21(33)30-9-10-31(15(2)12-30)25-19-11-20(27)22(16-5-7-17(28)8-6-16)24-23(19)32(26(34)29-25)13-18(35-3)14-36-24/h4-8,11,15,18,21,33H,1,9-10,12-14H2,2-3H3/t15-,18+,21?/m0/s1. The van der Waals surface area contributed by atoms with Crippen LogP contribution in [0.25, 0.3) is 22.0 Å². The second kappa shape index (κ2) is 10.1. The lowest BCUT2D eigenvalue weighted by Gasteiger charge is -2.42. The number of methoxy groups -OCH3 is 1. The van der Waals surface area contributed by atoms with Gasteiger partial charge in [0.2, 0.25) is 0 Å². The molecule has 36 heavy (non-hydrogen) atoms. The summed E-state index contributed by atoms with van der Waals surface area (Å²) >= 11 is 8.49. The van der Waals surface area contributed by atoms with Crippen molar-refractivity contribution in [3.05, 3.63) is 64.3 Å². The molecular formula is C26H28ClFN4O3S. The zero-order chi connectivity index (χ0) is 25.6. The van der Waals surface area contributed by atoms with Crippen molar-refractivity contribution < 1.29 is 14.2 Å². The Morgan fingerprint density at radius 2 is 2.06 bits per heavy atom. The quantitative estimate of drug-likeness (QED) is 0.500. The molecule has 2 aliphatic heterocycles. The molecule has 0 bridgehead atoms. The van der Waals surface area contributed by atoms with Crippen LogP contribution in [-0.4, -0.2) is 70.4 Å². The van der Waals surface area contributed by atoms with E-state index in [4.69, 9.17) is 16.3 Å². The summed E-state index contributed by atoms with van der Waals surface area (Å²) in [6.45, 7) is 7.87. The summed E-state index contributed by atoms with van der Waals surface area (Å²) in [5.41, 5.74) is 1.96. The average Bonchev–Trinajstić information content (AvgIpc) is 3.07. The number of benzene rings is 2. The van der Waals surface area contributed by atoms with E-state index in [9.17, 15) is 14.3 Å². The van der Waals surface area contributed by atoms with Gasteiger partial charge in [-0.05, 0) is 36.8 Å². The van der Waals surface area contributed by atoms with Gasteiger partial charge >= 0.3 is 5.69 Å². The Kier molecular flexibility index (Phi) is 7.11. The third-order valence-corrected chi connectivity index (χ3v) is 8.46. The van der Waals surface area contributed by atoms with Gasteiger partial charge < -0.3 is 14.7 Å². The van der Waals surface area contributed by atoms with Gasteiger partial charge in [0.05, 0.1) is 23.2 Å². The van der Waals surface area contributed by atoms with Crippen LogP contribution in [0.5, 0.6) is 0 Å². The third-order valence-electron chi connectivity index (χ3n) is 6.93. The van der Waals surface area contributed by atoms with Gasteiger partial charge in [0, 0.05) is 54.4 Å². The summed E-state index contributed by atoms with van der Waals surface area (Å²) in [7, 11) is 1.64. The SMILES string of the molecule is C=CC(O)N1CCN(c2nc(=O)n3c4c(c(-c5ccc(F)cc5)c(Cl)cc24)SC[C@H](OC)C3)[C@@H](C)C1. The Balaban J connectivity index is 1.72.